The molecule has 0 aliphatic heterocycles. The number of rotatable bonds is 7. The molecular formula is C15H23FN2O. The van der Waals surface area contributed by atoms with E-state index in [2.05, 4.69) is 5.32 Å². The second-order valence-electron chi connectivity index (χ2n) is 4.82. The van der Waals surface area contributed by atoms with E-state index in [0.29, 0.717) is 19.5 Å². The number of carbonyl (C=O) groups is 1. The van der Waals surface area contributed by atoms with Gasteiger partial charge in [-0.2, -0.15) is 0 Å². The molecule has 1 rings (SSSR count). The van der Waals surface area contributed by atoms with E-state index < -0.39 is 5.41 Å². The Kier molecular flexibility index (Phi) is 5.96. The van der Waals surface area contributed by atoms with Gasteiger partial charge in [0, 0.05) is 13.1 Å². The van der Waals surface area contributed by atoms with Gasteiger partial charge in [-0.1, -0.05) is 26.0 Å². The lowest BCUT2D eigenvalue weighted by atomic mass is 9.81. The van der Waals surface area contributed by atoms with Crippen molar-refractivity contribution in [3.05, 3.63) is 35.6 Å². The summed E-state index contributed by atoms with van der Waals surface area (Å²) in [6.07, 6.45) is 2.17. The molecule has 0 aliphatic rings. The minimum atomic E-state index is -0.456. The van der Waals surface area contributed by atoms with Gasteiger partial charge in [-0.3, -0.25) is 4.79 Å². The monoisotopic (exact) mass is 266 g/mol. The Morgan fingerprint density at radius 2 is 1.84 bits per heavy atom. The Balaban J connectivity index is 2.48. The molecule has 3 N–H and O–H groups in total. The summed E-state index contributed by atoms with van der Waals surface area (Å²) < 4.78 is 12.7. The first-order chi connectivity index (χ1) is 9.07. The van der Waals surface area contributed by atoms with Crippen LogP contribution in [0.25, 0.3) is 0 Å². The van der Waals surface area contributed by atoms with Crippen molar-refractivity contribution in [1.82, 2.24) is 5.32 Å². The molecule has 0 spiro atoms. The number of carbonyl (C=O) groups excluding carboxylic acids is 1. The Morgan fingerprint density at radius 1 is 1.26 bits per heavy atom. The maximum absolute atomic E-state index is 12.7. The molecule has 106 valence electrons. The van der Waals surface area contributed by atoms with Crippen molar-refractivity contribution in [3.8, 4) is 0 Å². The largest absolute Gasteiger partial charge is 0.355 e. The molecule has 1 aromatic rings. The molecule has 0 atom stereocenters. The van der Waals surface area contributed by atoms with Gasteiger partial charge < -0.3 is 11.1 Å². The minimum Gasteiger partial charge on any atom is -0.355 e. The van der Waals surface area contributed by atoms with Crippen molar-refractivity contribution in [2.24, 2.45) is 11.1 Å². The van der Waals surface area contributed by atoms with Crippen LogP contribution in [0.3, 0.4) is 0 Å². The lowest BCUT2D eigenvalue weighted by Crippen LogP contribution is -2.45. The standard InChI is InChI=1S/C15H23FN2O/c1-3-15(4-2,11-17)14(19)18-10-9-12-5-7-13(16)8-6-12/h5-8H,3-4,9-11,17H2,1-2H3,(H,18,19). The van der Waals surface area contributed by atoms with Gasteiger partial charge in [0.25, 0.3) is 0 Å². The Hall–Kier alpha value is -1.42. The second kappa shape index (κ2) is 7.24. The van der Waals surface area contributed by atoms with Crippen LogP contribution in [0.15, 0.2) is 24.3 Å². The molecule has 3 nitrogen and oxygen atoms in total. The number of hydrogen-bond donors (Lipinski definition) is 2. The van der Waals surface area contributed by atoms with Gasteiger partial charge in [0.05, 0.1) is 5.41 Å². The zero-order valence-electron chi connectivity index (χ0n) is 11.7. The average molecular weight is 266 g/mol. The van der Waals surface area contributed by atoms with Crippen molar-refractivity contribution >= 4 is 5.91 Å². The number of nitrogens with two attached hydrogens (primary N) is 1. The van der Waals surface area contributed by atoms with Crippen LogP contribution in [0, 0.1) is 11.2 Å². The fourth-order valence-electron chi connectivity index (χ4n) is 2.11. The van der Waals surface area contributed by atoms with E-state index >= 15 is 0 Å². The highest BCUT2D eigenvalue weighted by Gasteiger charge is 2.32. The van der Waals surface area contributed by atoms with Gasteiger partial charge in [0.15, 0.2) is 0 Å². The van der Waals surface area contributed by atoms with Crippen molar-refractivity contribution in [2.45, 2.75) is 33.1 Å². The summed E-state index contributed by atoms with van der Waals surface area (Å²) in [7, 11) is 0. The topological polar surface area (TPSA) is 55.1 Å². The summed E-state index contributed by atoms with van der Waals surface area (Å²) in [5, 5.41) is 2.93. The van der Waals surface area contributed by atoms with Crippen LogP contribution >= 0.6 is 0 Å². The van der Waals surface area contributed by atoms with Crippen molar-refractivity contribution in [1.29, 1.82) is 0 Å². The molecule has 0 saturated heterocycles. The summed E-state index contributed by atoms with van der Waals surface area (Å²) in [5.41, 5.74) is 6.28. The van der Waals surface area contributed by atoms with Crippen LogP contribution in [0.2, 0.25) is 0 Å². The molecule has 4 heteroatoms. The van der Waals surface area contributed by atoms with Gasteiger partial charge in [-0.25, -0.2) is 4.39 Å². The number of nitrogens with one attached hydrogen (secondary N) is 1. The predicted octanol–water partition coefficient (Wildman–Crippen LogP) is 2.25. The van der Waals surface area contributed by atoms with Crippen LogP contribution in [-0.2, 0) is 11.2 Å². The Bertz CT molecular complexity index is 391. The van der Waals surface area contributed by atoms with E-state index in [9.17, 15) is 9.18 Å². The first-order valence-corrected chi connectivity index (χ1v) is 6.80. The van der Waals surface area contributed by atoms with E-state index in [1.165, 1.54) is 12.1 Å². The molecule has 0 fully saturated rings. The first-order valence-electron chi connectivity index (χ1n) is 6.80. The fourth-order valence-corrected chi connectivity index (χ4v) is 2.11. The van der Waals surface area contributed by atoms with Crippen LogP contribution in [0.5, 0.6) is 0 Å². The Labute approximate surface area is 114 Å². The number of halogens is 1. The fraction of sp³-hybridized carbons (Fsp3) is 0.533. The predicted molar refractivity (Wildman–Crippen MR) is 75.2 cm³/mol. The highest BCUT2D eigenvalue weighted by molar-refractivity contribution is 5.82. The Morgan fingerprint density at radius 3 is 2.32 bits per heavy atom. The van der Waals surface area contributed by atoms with E-state index in [-0.39, 0.29) is 11.7 Å². The van der Waals surface area contributed by atoms with Gasteiger partial charge in [-0.05, 0) is 37.0 Å². The second-order valence-corrected chi connectivity index (χ2v) is 4.82. The summed E-state index contributed by atoms with van der Waals surface area (Å²) in [6, 6.07) is 6.33. The van der Waals surface area contributed by atoms with Crippen molar-refractivity contribution < 1.29 is 9.18 Å². The van der Waals surface area contributed by atoms with E-state index in [1.54, 1.807) is 12.1 Å². The highest BCUT2D eigenvalue weighted by atomic mass is 19.1. The molecule has 0 saturated carbocycles. The molecule has 0 aromatic heterocycles. The van der Waals surface area contributed by atoms with Crippen LogP contribution in [-0.4, -0.2) is 19.0 Å². The molecule has 1 aromatic carbocycles. The van der Waals surface area contributed by atoms with E-state index in [1.807, 2.05) is 13.8 Å². The third-order valence-corrected chi connectivity index (χ3v) is 3.84. The third-order valence-electron chi connectivity index (χ3n) is 3.84. The van der Waals surface area contributed by atoms with Gasteiger partial charge in [-0.15, -0.1) is 0 Å². The maximum Gasteiger partial charge on any atom is 0.227 e. The lowest BCUT2D eigenvalue weighted by molar-refractivity contribution is -0.131. The molecule has 19 heavy (non-hydrogen) atoms. The zero-order valence-corrected chi connectivity index (χ0v) is 11.7. The third kappa shape index (κ3) is 4.03. The lowest BCUT2D eigenvalue weighted by Gasteiger charge is -2.28. The maximum atomic E-state index is 12.7. The summed E-state index contributed by atoms with van der Waals surface area (Å²) >= 11 is 0. The average Bonchev–Trinajstić information content (AvgIpc) is 2.44. The van der Waals surface area contributed by atoms with Gasteiger partial charge in [0.1, 0.15) is 5.82 Å². The number of amides is 1. The molecular weight excluding hydrogens is 243 g/mol. The summed E-state index contributed by atoms with van der Waals surface area (Å²) in [6.45, 7) is 4.88. The molecule has 1 amide bonds. The van der Waals surface area contributed by atoms with Crippen LogP contribution < -0.4 is 11.1 Å². The minimum absolute atomic E-state index is 0.0158. The van der Waals surface area contributed by atoms with Gasteiger partial charge >= 0.3 is 0 Å². The highest BCUT2D eigenvalue weighted by Crippen LogP contribution is 2.24. The quantitative estimate of drug-likeness (QED) is 0.795. The molecule has 0 heterocycles. The molecule has 0 radical (unpaired) electrons. The normalized spacial score (nSPS) is 11.4. The summed E-state index contributed by atoms with van der Waals surface area (Å²) in [4.78, 5) is 12.2. The molecule has 0 unspecified atom stereocenters. The van der Waals surface area contributed by atoms with Crippen LogP contribution in [0.4, 0.5) is 4.39 Å². The van der Waals surface area contributed by atoms with E-state index in [0.717, 1.165) is 18.4 Å². The zero-order chi connectivity index (χ0) is 14.3. The molecule has 0 aliphatic carbocycles. The van der Waals surface area contributed by atoms with Crippen molar-refractivity contribution in [2.75, 3.05) is 13.1 Å². The van der Waals surface area contributed by atoms with E-state index in [4.69, 9.17) is 5.73 Å². The van der Waals surface area contributed by atoms with Crippen molar-refractivity contribution in [3.63, 3.8) is 0 Å². The van der Waals surface area contributed by atoms with Gasteiger partial charge in [0.2, 0.25) is 5.91 Å². The number of benzene rings is 1. The first kappa shape index (κ1) is 15.6. The molecule has 0 bridgehead atoms. The number of hydrogen-bond acceptors (Lipinski definition) is 2. The summed E-state index contributed by atoms with van der Waals surface area (Å²) in [5.74, 6) is -0.228. The SMILES string of the molecule is CCC(CC)(CN)C(=O)NCCc1ccc(F)cc1. The smallest absolute Gasteiger partial charge is 0.227 e. The van der Waals surface area contributed by atoms with Crippen LogP contribution in [0.1, 0.15) is 32.3 Å².